The smallest absolute Gasteiger partial charge is 0.138 e. The van der Waals surface area contributed by atoms with Crippen molar-refractivity contribution in [1.29, 1.82) is 0 Å². The number of benzene rings is 2. The van der Waals surface area contributed by atoms with Crippen molar-refractivity contribution >= 4 is 27.4 Å². The normalized spacial score (nSPS) is 10.2. The molecule has 0 aliphatic rings. The molecule has 1 aromatic heterocycles. The summed E-state index contributed by atoms with van der Waals surface area (Å²) < 4.78 is 1.06. The van der Waals surface area contributed by atoms with Crippen LogP contribution in [0.15, 0.2) is 77.4 Å². The molecular formula is C17H13BrN2. The molecule has 0 saturated carbocycles. The summed E-state index contributed by atoms with van der Waals surface area (Å²) >= 11 is 3.44. The van der Waals surface area contributed by atoms with E-state index in [4.69, 9.17) is 0 Å². The predicted octanol–water partition coefficient (Wildman–Crippen LogP) is 5.25. The van der Waals surface area contributed by atoms with Crippen LogP contribution in [0.3, 0.4) is 0 Å². The van der Waals surface area contributed by atoms with Crippen molar-refractivity contribution in [3.8, 4) is 11.1 Å². The van der Waals surface area contributed by atoms with E-state index in [1.807, 2.05) is 48.5 Å². The average Bonchev–Trinajstić information content (AvgIpc) is 2.51. The average molecular weight is 325 g/mol. The number of halogens is 1. The van der Waals surface area contributed by atoms with Crippen molar-refractivity contribution in [1.82, 2.24) is 4.98 Å². The first-order chi connectivity index (χ1) is 9.83. The third kappa shape index (κ3) is 2.89. The summed E-state index contributed by atoms with van der Waals surface area (Å²) in [5.41, 5.74) is 3.26. The van der Waals surface area contributed by atoms with Crippen LogP contribution in [-0.2, 0) is 0 Å². The quantitative estimate of drug-likeness (QED) is 0.711. The highest BCUT2D eigenvalue weighted by Crippen LogP contribution is 2.28. The molecule has 1 N–H and O–H groups in total. The molecular weight excluding hydrogens is 312 g/mol. The standard InChI is InChI=1S/C17H13BrN2/c18-14-8-10-15(11-9-14)20-17-16(7-4-12-19-17)13-5-2-1-3-6-13/h1-12H,(H,19,20). The monoisotopic (exact) mass is 324 g/mol. The minimum atomic E-state index is 0.862. The molecule has 0 unspecified atom stereocenters. The number of anilines is 2. The van der Waals surface area contributed by atoms with E-state index in [0.717, 1.165) is 27.1 Å². The van der Waals surface area contributed by atoms with Crippen LogP contribution in [-0.4, -0.2) is 4.98 Å². The van der Waals surface area contributed by atoms with Gasteiger partial charge in [-0.2, -0.15) is 0 Å². The molecule has 20 heavy (non-hydrogen) atoms. The number of rotatable bonds is 3. The number of pyridine rings is 1. The number of hydrogen-bond donors (Lipinski definition) is 1. The summed E-state index contributed by atoms with van der Waals surface area (Å²) in [6.45, 7) is 0. The van der Waals surface area contributed by atoms with E-state index in [1.54, 1.807) is 6.20 Å². The molecule has 0 atom stereocenters. The lowest BCUT2D eigenvalue weighted by Crippen LogP contribution is -1.95. The van der Waals surface area contributed by atoms with Crippen LogP contribution in [0.25, 0.3) is 11.1 Å². The van der Waals surface area contributed by atoms with Gasteiger partial charge >= 0.3 is 0 Å². The molecule has 0 aliphatic heterocycles. The minimum Gasteiger partial charge on any atom is -0.340 e. The molecule has 2 aromatic carbocycles. The lowest BCUT2D eigenvalue weighted by atomic mass is 10.1. The molecule has 0 bridgehead atoms. The van der Waals surface area contributed by atoms with Gasteiger partial charge in [-0.3, -0.25) is 0 Å². The minimum absolute atomic E-state index is 0.862. The van der Waals surface area contributed by atoms with Gasteiger partial charge in [-0.05, 0) is 42.0 Å². The van der Waals surface area contributed by atoms with Crippen molar-refractivity contribution in [3.05, 3.63) is 77.4 Å². The first-order valence-electron chi connectivity index (χ1n) is 6.36. The Morgan fingerprint density at radius 1 is 0.800 bits per heavy atom. The molecule has 3 rings (SSSR count). The van der Waals surface area contributed by atoms with Gasteiger partial charge in [0.2, 0.25) is 0 Å². The molecule has 0 radical (unpaired) electrons. The van der Waals surface area contributed by atoms with E-state index in [2.05, 4.69) is 44.4 Å². The first-order valence-corrected chi connectivity index (χ1v) is 7.15. The van der Waals surface area contributed by atoms with Crippen LogP contribution >= 0.6 is 15.9 Å². The van der Waals surface area contributed by atoms with E-state index in [1.165, 1.54) is 0 Å². The van der Waals surface area contributed by atoms with Gasteiger partial charge in [0, 0.05) is 21.9 Å². The topological polar surface area (TPSA) is 24.9 Å². The highest BCUT2D eigenvalue weighted by atomic mass is 79.9. The van der Waals surface area contributed by atoms with Gasteiger partial charge in [-0.1, -0.05) is 46.3 Å². The fourth-order valence-corrected chi connectivity index (χ4v) is 2.29. The van der Waals surface area contributed by atoms with E-state index >= 15 is 0 Å². The summed E-state index contributed by atoms with van der Waals surface area (Å²) in [4.78, 5) is 4.45. The Labute approximate surface area is 126 Å². The van der Waals surface area contributed by atoms with Gasteiger partial charge in [-0.25, -0.2) is 4.98 Å². The van der Waals surface area contributed by atoms with Gasteiger partial charge in [0.25, 0.3) is 0 Å². The third-order valence-corrected chi connectivity index (χ3v) is 3.53. The molecule has 2 nitrogen and oxygen atoms in total. The first kappa shape index (κ1) is 12.9. The molecule has 0 fully saturated rings. The number of hydrogen-bond acceptors (Lipinski definition) is 2. The second-order valence-corrected chi connectivity index (χ2v) is 5.31. The highest BCUT2D eigenvalue weighted by molar-refractivity contribution is 9.10. The lowest BCUT2D eigenvalue weighted by molar-refractivity contribution is 1.31. The second-order valence-electron chi connectivity index (χ2n) is 4.40. The maximum Gasteiger partial charge on any atom is 0.138 e. The lowest BCUT2D eigenvalue weighted by Gasteiger charge is -2.11. The number of aromatic nitrogens is 1. The van der Waals surface area contributed by atoms with E-state index in [9.17, 15) is 0 Å². The highest BCUT2D eigenvalue weighted by Gasteiger charge is 2.05. The Bertz CT molecular complexity index is 694. The van der Waals surface area contributed by atoms with Crippen LogP contribution in [0.4, 0.5) is 11.5 Å². The van der Waals surface area contributed by atoms with Gasteiger partial charge in [-0.15, -0.1) is 0 Å². The van der Waals surface area contributed by atoms with Crippen LogP contribution < -0.4 is 5.32 Å². The largest absolute Gasteiger partial charge is 0.340 e. The molecule has 0 spiro atoms. The zero-order chi connectivity index (χ0) is 13.8. The summed E-state index contributed by atoms with van der Waals surface area (Å²) in [6, 6.07) is 22.3. The molecule has 0 amide bonds. The van der Waals surface area contributed by atoms with E-state index in [-0.39, 0.29) is 0 Å². The third-order valence-electron chi connectivity index (χ3n) is 3.00. The SMILES string of the molecule is Brc1ccc(Nc2ncccc2-c2ccccc2)cc1. The Balaban J connectivity index is 1.96. The molecule has 3 heteroatoms. The Kier molecular flexibility index (Phi) is 3.79. The van der Waals surface area contributed by atoms with Crippen molar-refractivity contribution in [2.24, 2.45) is 0 Å². The van der Waals surface area contributed by atoms with Gasteiger partial charge in [0.15, 0.2) is 0 Å². The summed E-state index contributed by atoms with van der Waals surface area (Å²) in [6.07, 6.45) is 1.80. The van der Waals surface area contributed by atoms with Gasteiger partial charge in [0.1, 0.15) is 5.82 Å². The predicted molar refractivity (Wildman–Crippen MR) is 87.1 cm³/mol. The van der Waals surface area contributed by atoms with Crippen LogP contribution in [0, 0.1) is 0 Å². The van der Waals surface area contributed by atoms with Crippen molar-refractivity contribution < 1.29 is 0 Å². The molecule has 1 heterocycles. The zero-order valence-electron chi connectivity index (χ0n) is 10.8. The zero-order valence-corrected chi connectivity index (χ0v) is 12.3. The van der Waals surface area contributed by atoms with E-state index < -0.39 is 0 Å². The van der Waals surface area contributed by atoms with Crippen molar-refractivity contribution in [2.75, 3.05) is 5.32 Å². The van der Waals surface area contributed by atoms with Crippen LogP contribution in [0.2, 0.25) is 0 Å². The Morgan fingerprint density at radius 3 is 2.30 bits per heavy atom. The Morgan fingerprint density at radius 2 is 1.55 bits per heavy atom. The molecule has 0 aliphatic carbocycles. The van der Waals surface area contributed by atoms with Crippen molar-refractivity contribution in [3.63, 3.8) is 0 Å². The van der Waals surface area contributed by atoms with Gasteiger partial charge in [0.05, 0.1) is 0 Å². The summed E-state index contributed by atoms with van der Waals surface area (Å²) in [7, 11) is 0. The number of nitrogens with one attached hydrogen (secondary N) is 1. The maximum absolute atomic E-state index is 4.45. The summed E-state index contributed by atoms with van der Waals surface area (Å²) in [5, 5.41) is 3.37. The summed E-state index contributed by atoms with van der Waals surface area (Å²) in [5.74, 6) is 0.862. The maximum atomic E-state index is 4.45. The number of nitrogens with zero attached hydrogens (tertiary/aromatic N) is 1. The van der Waals surface area contributed by atoms with E-state index in [0.29, 0.717) is 0 Å². The Hall–Kier alpha value is -2.13. The molecule has 98 valence electrons. The fourth-order valence-electron chi connectivity index (χ4n) is 2.03. The second kappa shape index (κ2) is 5.88. The van der Waals surface area contributed by atoms with Crippen LogP contribution in [0.1, 0.15) is 0 Å². The van der Waals surface area contributed by atoms with Gasteiger partial charge < -0.3 is 5.32 Å². The molecule has 3 aromatic rings. The molecule has 0 saturated heterocycles. The van der Waals surface area contributed by atoms with Crippen LogP contribution in [0.5, 0.6) is 0 Å². The van der Waals surface area contributed by atoms with Crippen molar-refractivity contribution in [2.45, 2.75) is 0 Å². The fraction of sp³-hybridized carbons (Fsp3) is 0.